The second-order valence-corrected chi connectivity index (χ2v) is 6.21. The summed E-state index contributed by atoms with van der Waals surface area (Å²) >= 11 is 0. The summed E-state index contributed by atoms with van der Waals surface area (Å²) in [6, 6.07) is 4.98. The number of rotatable bonds is 4. The third-order valence-electron chi connectivity index (χ3n) is 4.49. The Morgan fingerprint density at radius 2 is 2.04 bits per heavy atom. The minimum atomic E-state index is -0.245. The number of fused-ring (bicyclic) bond motifs is 1. The lowest BCUT2D eigenvalue weighted by atomic mass is 10.1. The molecule has 0 saturated heterocycles. The Bertz CT molecular complexity index is 919. The zero-order valence-corrected chi connectivity index (χ0v) is 14.4. The number of hydrogen-bond donors (Lipinski definition) is 0. The molecule has 0 radical (unpaired) electrons. The van der Waals surface area contributed by atoms with Gasteiger partial charge in [0.15, 0.2) is 5.82 Å². The zero-order chi connectivity index (χ0) is 17.9. The lowest BCUT2D eigenvalue weighted by Gasteiger charge is -2.28. The molecule has 4 rings (SSSR count). The quantitative estimate of drug-likeness (QED) is 0.720. The fourth-order valence-corrected chi connectivity index (χ4v) is 3.09. The highest BCUT2D eigenvalue weighted by atomic mass is 19.1. The third kappa shape index (κ3) is 3.39. The fourth-order valence-electron chi connectivity index (χ4n) is 3.09. The van der Waals surface area contributed by atoms with Crippen molar-refractivity contribution in [1.82, 2.24) is 24.8 Å². The van der Waals surface area contributed by atoms with Crippen LogP contribution in [0.4, 0.5) is 4.39 Å². The van der Waals surface area contributed by atoms with Gasteiger partial charge in [-0.05, 0) is 6.07 Å². The number of nitrogens with zero attached hydrogens (tertiary/aromatic N) is 5. The van der Waals surface area contributed by atoms with E-state index in [4.69, 9.17) is 4.74 Å². The molecule has 0 N–H and O–H groups in total. The molecule has 0 saturated carbocycles. The summed E-state index contributed by atoms with van der Waals surface area (Å²) in [7, 11) is 1.53. The molecule has 3 aromatic rings. The van der Waals surface area contributed by atoms with Crippen LogP contribution in [0.1, 0.15) is 16.8 Å². The number of halogens is 1. The van der Waals surface area contributed by atoms with E-state index in [0.717, 1.165) is 29.8 Å². The van der Waals surface area contributed by atoms with Gasteiger partial charge >= 0.3 is 0 Å². The molecule has 0 bridgehead atoms. The molecule has 3 heterocycles. The predicted octanol–water partition coefficient (Wildman–Crippen LogP) is 2.64. The Hall–Kier alpha value is -2.93. The minimum absolute atomic E-state index is 0.245. The number of aromatic nitrogens is 4. The lowest BCUT2D eigenvalue weighted by Crippen LogP contribution is -2.31. The van der Waals surface area contributed by atoms with Gasteiger partial charge in [-0.15, -0.1) is 0 Å². The van der Waals surface area contributed by atoms with Crippen molar-refractivity contribution < 1.29 is 9.13 Å². The standard InChI is InChI=1S/C19H18FN5O/c1-26-16-3-2-13(17(20)6-16)10-25-5-4-18-15(11-25)9-23-19(24-18)14-7-21-12-22-8-14/h2-3,6-9,12H,4-5,10-11H2,1H3. The van der Waals surface area contributed by atoms with Crippen molar-refractivity contribution >= 4 is 0 Å². The molecule has 7 heteroatoms. The summed E-state index contributed by atoms with van der Waals surface area (Å²) in [6.45, 7) is 2.07. The van der Waals surface area contributed by atoms with E-state index < -0.39 is 0 Å². The molecule has 6 nitrogen and oxygen atoms in total. The average molecular weight is 351 g/mol. The van der Waals surface area contributed by atoms with Gasteiger partial charge < -0.3 is 4.74 Å². The van der Waals surface area contributed by atoms with E-state index in [-0.39, 0.29) is 5.82 Å². The van der Waals surface area contributed by atoms with Crippen LogP contribution in [0.25, 0.3) is 11.4 Å². The smallest absolute Gasteiger partial charge is 0.162 e. The first-order chi connectivity index (χ1) is 12.7. The second-order valence-electron chi connectivity index (χ2n) is 6.21. The van der Waals surface area contributed by atoms with Gasteiger partial charge in [-0.25, -0.2) is 24.3 Å². The van der Waals surface area contributed by atoms with Crippen molar-refractivity contribution in [2.45, 2.75) is 19.5 Å². The van der Waals surface area contributed by atoms with Crippen molar-refractivity contribution in [2.75, 3.05) is 13.7 Å². The largest absolute Gasteiger partial charge is 0.497 e. The molecule has 0 spiro atoms. The average Bonchev–Trinajstić information content (AvgIpc) is 2.69. The van der Waals surface area contributed by atoms with Crippen molar-refractivity contribution in [1.29, 1.82) is 0 Å². The van der Waals surface area contributed by atoms with Gasteiger partial charge in [-0.3, -0.25) is 4.90 Å². The molecule has 0 aliphatic carbocycles. The Balaban J connectivity index is 1.50. The van der Waals surface area contributed by atoms with Crippen molar-refractivity contribution in [3.63, 3.8) is 0 Å². The van der Waals surface area contributed by atoms with Gasteiger partial charge in [-0.2, -0.15) is 0 Å². The maximum absolute atomic E-state index is 14.2. The molecule has 132 valence electrons. The van der Waals surface area contributed by atoms with Gasteiger partial charge in [0.1, 0.15) is 17.9 Å². The van der Waals surface area contributed by atoms with Gasteiger partial charge in [0, 0.05) is 61.8 Å². The molecule has 0 amide bonds. The monoisotopic (exact) mass is 351 g/mol. The molecule has 1 aromatic carbocycles. The highest BCUT2D eigenvalue weighted by molar-refractivity contribution is 5.52. The lowest BCUT2D eigenvalue weighted by molar-refractivity contribution is 0.239. The van der Waals surface area contributed by atoms with E-state index in [1.54, 1.807) is 24.5 Å². The molecular formula is C19H18FN5O. The molecule has 0 fully saturated rings. The van der Waals surface area contributed by atoms with Crippen molar-refractivity contribution in [2.24, 2.45) is 0 Å². The summed E-state index contributed by atoms with van der Waals surface area (Å²) in [5.74, 6) is 0.922. The fraction of sp³-hybridized carbons (Fsp3) is 0.263. The number of ether oxygens (including phenoxy) is 1. The van der Waals surface area contributed by atoms with Crippen LogP contribution in [-0.2, 0) is 19.5 Å². The van der Waals surface area contributed by atoms with Crippen LogP contribution in [0.3, 0.4) is 0 Å². The first-order valence-corrected chi connectivity index (χ1v) is 8.38. The maximum Gasteiger partial charge on any atom is 0.162 e. The Morgan fingerprint density at radius 3 is 2.81 bits per heavy atom. The summed E-state index contributed by atoms with van der Waals surface area (Å²) in [4.78, 5) is 19.3. The molecule has 2 aromatic heterocycles. The van der Waals surface area contributed by atoms with E-state index in [1.807, 2.05) is 6.20 Å². The second kappa shape index (κ2) is 7.13. The van der Waals surface area contributed by atoms with Crippen LogP contribution in [-0.4, -0.2) is 38.5 Å². The van der Waals surface area contributed by atoms with E-state index in [0.29, 0.717) is 30.2 Å². The normalized spacial score (nSPS) is 14.1. The summed E-state index contributed by atoms with van der Waals surface area (Å²) in [5.41, 5.74) is 3.57. The van der Waals surface area contributed by atoms with Crippen LogP contribution < -0.4 is 4.74 Å². The van der Waals surface area contributed by atoms with E-state index in [1.165, 1.54) is 19.5 Å². The van der Waals surface area contributed by atoms with Crippen LogP contribution >= 0.6 is 0 Å². The van der Waals surface area contributed by atoms with Gasteiger partial charge in [-0.1, -0.05) is 6.07 Å². The van der Waals surface area contributed by atoms with E-state index in [9.17, 15) is 4.39 Å². The van der Waals surface area contributed by atoms with Crippen LogP contribution in [0.15, 0.2) is 43.1 Å². The Kier molecular flexibility index (Phi) is 4.53. The highest BCUT2D eigenvalue weighted by Crippen LogP contribution is 2.23. The van der Waals surface area contributed by atoms with Crippen molar-refractivity contribution in [3.05, 3.63) is 65.8 Å². The minimum Gasteiger partial charge on any atom is -0.497 e. The first-order valence-electron chi connectivity index (χ1n) is 8.38. The van der Waals surface area contributed by atoms with Crippen molar-refractivity contribution in [3.8, 4) is 17.1 Å². The predicted molar refractivity (Wildman–Crippen MR) is 93.8 cm³/mol. The molecular weight excluding hydrogens is 333 g/mol. The third-order valence-corrected chi connectivity index (χ3v) is 4.49. The van der Waals surface area contributed by atoms with E-state index in [2.05, 4.69) is 24.8 Å². The summed E-state index contributed by atoms with van der Waals surface area (Å²) in [6.07, 6.45) is 7.54. The van der Waals surface area contributed by atoms with Crippen LogP contribution in [0.2, 0.25) is 0 Å². The van der Waals surface area contributed by atoms with Crippen LogP contribution in [0, 0.1) is 5.82 Å². The Labute approximate surface area is 150 Å². The Morgan fingerprint density at radius 1 is 1.19 bits per heavy atom. The van der Waals surface area contributed by atoms with Gasteiger partial charge in [0.05, 0.1) is 18.4 Å². The number of hydrogen-bond acceptors (Lipinski definition) is 6. The number of benzene rings is 1. The van der Waals surface area contributed by atoms with Gasteiger partial charge in [0.25, 0.3) is 0 Å². The molecule has 1 aliphatic heterocycles. The molecule has 1 aliphatic rings. The molecule has 0 unspecified atom stereocenters. The number of methoxy groups -OCH3 is 1. The summed E-state index contributed by atoms with van der Waals surface area (Å²) < 4.78 is 19.2. The summed E-state index contributed by atoms with van der Waals surface area (Å²) in [5, 5.41) is 0. The SMILES string of the molecule is COc1ccc(CN2CCc3nc(-c4cncnc4)ncc3C2)c(F)c1. The topological polar surface area (TPSA) is 64.0 Å². The highest BCUT2D eigenvalue weighted by Gasteiger charge is 2.20. The van der Waals surface area contributed by atoms with Crippen LogP contribution in [0.5, 0.6) is 5.75 Å². The maximum atomic E-state index is 14.2. The molecule has 26 heavy (non-hydrogen) atoms. The van der Waals surface area contributed by atoms with Gasteiger partial charge in [0.2, 0.25) is 0 Å². The first kappa shape index (κ1) is 16.5. The molecule has 0 atom stereocenters. The van der Waals surface area contributed by atoms with E-state index >= 15 is 0 Å². The zero-order valence-electron chi connectivity index (χ0n) is 14.4.